The van der Waals surface area contributed by atoms with Gasteiger partial charge in [-0.25, -0.2) is 14.8 Å². The first-order valence-electron chi connectivity index (χ1n) is 8.54. The monoisotopic (exact) mass is 375 g/mol. The molecule has 2 N–H and O–H groups in total. The Kier molecular flexibility index (Phi) is 4.80. The van der Waals surface area contributed by atoms with E-state index in [1.54, 1.807) is 0 Å². The van der Waals surface area contributed by atoms with E-state index in [1.807, 2.05) is 72.1 Å². The normalized spacial score (nSPS) is 12.0. The Bertz CT molecular complexity index is 1060. The average molecular weight is 375 g/mol. The Morgan fingerprint density at radius 3 is 2.41 bits per heavy atom. The van der Waals surface area contributed by atoms with Gasteiger partial charge in [-0.05, 0) is 17.0 Å². The van der Waals surface area contributed by atoms with Gasteiger partial charge in [0.1, 0.15) is 11.9 Å². The molecule has 4 aromatic rings. The number of hydrogen-bond acceptors (Lipinski definition) is 5. The van der Waals surface area contributed by atoms with E-state index in [0.29, 0.717) is 18.1 Å². The number of carboxylic acids is 1. The smallest absolute Gasteiger partial charge is 0.326 e. The molecule has 0 aliphatic heterocycles. The molecule has 0 unspecified atom stereocenters. The third-order valence-corrected chi connectivity index (χ3v) is 5.14. The molecule has 4 rings (SSSR count). The van der Waals surface area contributed by atoms with Crippen molar-refractivity contribution in [3.8, 4) is 11.4 Å². The summed E-state index contributed by atoms with van der Waals surface area (Å²) in [5.74, 6) is 0.216. The number of anilines is 1. The van der Waals surface area contributed by atoms with Crippen molar-refractivity contribution in [2.75, 3.05) is 5.32 Å². The molecule has 0 radical (unpaired) electrons. The lowest BCUT2D eigenvalue weighted by molar-refractivity contribution is -0.137. The van der Waals surface area contributed by atoms with Crippen molar-refractivity contribution >= 4 is 33.3 Å². The van der Waals surface area contributed by atoms with Gasteiger partial charge in [0.15, 0.2) is 5.82 Å². The van der Waals surface area contributed by atoms with Crippen LogP contribution in [0.15, 0.2) is 72.1 Å². The largest absolute Gasteiger partial charge is 0.480 e. The molecule has 0 aliphatic carbocycles. The van der Waals surface area contributed by atoms with Gasteiger partial charge in [-0.15, -0.1) is 11.3 Å². The fourth-order valence-electron chi connectivity index (χ4n) is 2.89. The molecule has 2 aromatic carbocycles. The highest BCUT2D eigenvalue weighted by molar-refractivity contribution is 7.17. The Hall–Kier alpha value is -3.25. The van der Waals surface area contributed by atoms with Crippen LogP contribution in [0.2, 0.25) is 0 Å². The summed E-state index contributed by atoms with van der Waals surface area (Å²) in [4.78, 5) is 21.1. The van der Waals surface area contributed by atoms with Crippen LogP contribution in [0, 0.1) is 0 Å². The second-order valence-electron chi connectivity index (χ2n) is 6.12. The zero-order valence-corrected chi connectivity index (χ0v) is 15.2. The second-order valence-corrected chi connectivity index (χ2v) is 7.04. The number of aromatic nitrogens is 2. The number of carboxylic acid groups (broad SMARTS) is 1. The molecule has 0 spiro atoms. The first-order valence-corrected chi connectivity index (χ1v) is 9.42. The number of aliphatic carboxylic acids is 1. The van der Waals surface area contributed by atoms with Crippen molar-refractivity contribution in [2.45, 2.75) is 12.5 Å². The lowest BCUT2D eigenvalue weighted by Crippen LogP contribution is -2.32. The number of nitrogens with zero attached hydrogens (tertiary/aromatic N) is 2. The van der Waals surface area contributed by atoms with Crippen molar-refractivity contribution < 1.29 is 9.90 Å². The number of nitrogens with one attached hydrogen (secondary N) is 1. The van der Waals surface area contributed by atoms with Crippen molar-refractivity contribution in [3.05, 3.63) is 77.7 Å². The highest BCUT2D eigenvalue weighted by Gasteiger charge is 2.21. The van der Waals surface area contributed by atoms with E-state index in [4.69, 9.17) is 0 Å². The predicted octanol–water partition coefficient (Wildman–Crippen LogP) is 4.47. The fraction of sp³-hybridized carbons (Fsp3) is 0.0952. The Morgan fingerprint density at radius 2 is 1.70 bits per heavy atom. The number of benzene rings is 2. The van der Waals surface area contributed by atoms with E-state index in [0.717, 1.165) is 21.3 Å². The number of carbonyl (C=O) groups is 1. The van der Waals surface area contributed by atoms with Crippen LogP contribution in [0.1, 0.15) is 5.56 Å². The number of thiophene rings is 1. The lowest BCUT2D eigenvalue weighted by Gasteiger charge is -2.16. The van der Waals surface area contributed by atoms with Gasteiger partial charge in [-0.1, -0.05) is 60.7 Å². The van der Waals surface area contributed by atoms with Gasteiger partial charge in [0, 0.05) is 12.0 Å². The zero-order valence-electron chi connectivity index (χ0n) is 14.4. The lowest BCUT2D eigenvalue weighted by atomic mass is 10.1. The summed E-state index contributed by atoms with van der Waals surface area (Å²) in [7, 11) is 0. The first kappa shape index (κ1) is 17.2. The van der Waals surface area contributed by atoms with E-state index < -0.39 is 12.0 Å². The van der Waals surface area contributed by atoms with Crippen LogP contribution in [0.5, 0.6) is 0 Å². The maximum absolute atomic E-state index is 11.8. The van der Waals surface area contributed by atoms with Crippen LogP contribution in [0.3, 0.4) is 0 Å². The number of hydrogen-bond donors (Lipinski definition) is 2. The highest BCUT2D eigenvalue weighted by atomic mass is 32.1. The summed E-state index contributed by atoms with van der Waals surface area (Å²) < 4.78 is 0.856. The molecule has 0 saturated heterocycles. The van der Waals surface area contributed by atoms with Crippen molar-refractivity contribution in [2.24, 2.45) is 0 Å². The van der Waals surface area contributed by atoms with Crippen molar-refractivity contribution in [1.29, 1.82) is 0 Å². The van der Waals surface area contributed by atoms with Crippen LogP contribution in [0.25, 0.3) is 21.6 Å². The third-order valence-electron chi connectivity index (χ3n) is 4.23. The predicted molar refractivity (Wildman–Crippen MR) is 108 cm³/mol. The molecule has 2 heterocycles. The minimum absolute atomic E-state index is 0.369. The zero-order chi connectivity index (χ0) is 18.6. The highest BCUT2D eigenvalue weighted by Crippen LogP contribution is 2.29. The Morgan fingerprint density at radius 1 is 1.00 bits per heavy atom. The van der Waals surface area contributed by atoms with Crippen molar-refractivity contribution in [3.63, 3.8) is 0 Å². The topological polar surface area (TPSA) is 75.1 Å². The summed E-state index contributed by atoms with van der Waals surface area (Å²) in [6.45, 7) is 0. The second kappa shape index (κ2) is 7.55. The van der Waals surface area contributed by atoms with E-state index in [2.05, 4.69) is 15.3 Å². The fourth-order valence-corrected chi connectivity index (χ4v) is 3.68. The van der Waals surface area contributed by atoms with Crippen LogP contribution >= 0.6 is 11.3 Å². The van der Waals surface area contributed by atoms with Gasteiger partial charge >= 0.3 is 5.97 Å². The summed E-state index contributed by atoms with van der Waals surface area (Å²) in [5.41, 5.74) is 2.65. The Labute approximate surface area is 160 Å². The van der Waals surface area contributed by atoms with Gasteiger partial charge in [0.05, 0.1) is 10.2 Å². The van der Waals surface area contributed by atoms with Crippen LogP contribution in [-0.2, 0) is 11.2 Å². The summed E-state index contributed by atoms with van der Waals surface area (Å²) in [5, 5.41) is 14.8. The van der Waals surface area contributed by atoms with E-state index in [9.17, 15) is 9.90 Å². The van der Waals surface area contributed by atoms with E-state index in [-0.39, 0.29) is 0 Å². The first-order chi connectivity index (χ1) is 13.2. The quantitative estimate of drug-likeness (QED) is 0.520. The van der Waals surface area contributed by atoms with Gasteiger partial charge in [0.25, 0.3) is 0 Å². The van der Waals surface area contributed by atoms with E-state index in [1.165, 1.54) is 11.3 Å². The molecular weight excluding hydrogens is 358 g/mol. The molecule has 0 saturated carbocycles. The molecule has 1 atom stereocenters. The summed E-state index contributed by atoms with van der Waals surface area (Å²) in [6, 6.07) is 20.4. The van der Waals surface area contributed by atoms with Gasteiger partial charge in [0.2, 0.25) is 0 Å². The molecule has 6 heteroatoms. The molecule has 27 heavy (non-hydrogen) atoms. The van der Waals surface area contributed by atoms with Gasteiger partial charge in [-0.2, -0.15) is 0 Å². The maximum Gasteiger partial charge on any atom is 0.326 e. The standard InChI is InChI=1S/C21H17N3O2S/c25-21(26)17(13-14-7-3-1-4-8-14)23-20-18-16(11-12-27-18)22-19(24-20)15-9-5-2-6-10-15/h1-12,17H,13H2,(H,25,26)(H,22,23,24)/t17-/m0/s1. The minimum atomic E-state index is -0.913. The summed E-state index contributed by atoms with van der Waals surface area (Å²) >= 11 is 1.50. The molecule has 0 amide bonds. The van der Waals surface area contributed by atoms with Gasteiger partial charge < -0.3 is 10.4 Å². The number of rotatable bonds is 6. The molecule has 0 aliphatic rings. The minimum Gasteiger partial charge on any atom is -0.480 e. The molecule has 134 valence electrons. The third kappa shape index (κ3) is 3.80. The van der Waals surface area contributed by atoms with Crippen molar-refractivity contribution in [1.82, 2.24) is 9.97 Å². The maximum atomic E-state index is 11.8. The molecule has 0 bridgehead atoms. The molecule has 2 aromatic heterocycles. The number of fused-ring (bicyclic) bond motifs is 1. The van der Waals surface area contributed by atoms with Crippen LogP contribution < -0.4 is 5.32 Å². The van der Waals surface area contributed by atoms with Crippen LogP contribution in [-0.4, -0.2) is 27.1 Å². The Balaban J connectivity index is 1.71. The molecule has 0 fully saturated rings. The molecular formula is C21H17N3O2S. The van der Waals surface area contributed by atoms with Gasteiger partial charge in [-0.3, -0.25) is 0 Å². The molecule has 5 nitrogen and oxygen atoms in total. The average Bonchev–Trinajstić information content (AvgIpc) is 3.18. The SMILES string of the molecule is O=C(O)[C@H](Cc1ccccc1)Nc1nc(-c2ccccc2)nc2ccsc12. The summed E-state index contributed by atoms with van der Waals surface area (Å²) in [6.07, 6.45) is 0.369. The van der Waals surface area contributed by atoms with Crippen LogP contribution in [0.4, 0.5) is 5.82 Å². The van der Waals surface area contributed by atoms with E-state index >= 15 is 0 Å².